The summed E-state index contributed by atoms with van der Waals surface area (Å²) in [5.74, 6) is 0. The van der Waals surface area contributed by atoms with E-state index in [9.17, 15) is 15.2 Å². The van der Waals surface area contributed by atoms with Gasteiger partial charge in [0.2, 0.25) is 0 Å². The molecule has 0 bridgehead atoms. The lowest BCUT2D eigenvalue weighted by molar-refractivity contribution is -0.653. The molecule has 27 heavy (non-hydrogen) atoms. The molecule has 0 spiro atoms. The molecule has 158 valence electrons. The summed E-state index contributed by atoms with van der Waals surface area (Å²) in [4.78, 5) is 12.9. The second-order valence-electron chi connectivity index (χ2n) is 9.65. The van der Waals surface area contributed by atoms with Gasteiger partial charge in [-0.1, -0.05) is 9.72 Å². The third-order valence-corrected chi connectivity index (χ3v) is 3.25. The van der Waals surface area contributed by atoms with Crippen LogP contribution in [0.4, 0.5) is 4.79 Å². The average molecular weight is 389 g/mol. The van der Waals surface area contributed by atoms with Gasteiger partial charge in [0.1, 0.15) is 11.1 Å². The molecule has 0 saturated heterocycles. The Bertz CT molecular complexity index is 569. The standard InChI is InChI=1S/C18H36N4O5/c1-15(2,3)19-21(24)17(7,8)12-11-13-26-14(23)27-18(9,10)22(25)20-16(4,5)6/h11-13H2,1-10H3. The molecule has 0 rings (SSSR count). The Morgan fingerprint density at radius 2 is 1.30 bits per heavy atom. The predicted octanol–water partition coefficient (Wildman–Crippen LogP) is 4.96. The summed E-state index contributed by atoms with van der Waals surface area (Å²) in [5.41, 5.74) is -3.27. The van der Waals surface area contributed by atoms with Gasteiger partial charge in [-0.2, -0.15) is 0 Å². The molecule has 0 aliphatic heterocycles. The van der Waals surface area contributed by atoms with E-state index in [1.54, 1.807) is 34.6 Å². The van der Waals surface area contributed by atoms with Gasteiger partial charge in [-0.15, -0.1) is 0 Å². The van der Waals surface area contributed by atoms with E-state index < -0.39 is 28.5 Å². The van der Waals surface area contributed by atoms with Crippen molar-refractivity contribution in [2.24, 2.45) is 10.2 Å². The zero-order chi connectivity index (χ0) is 21.7. The Kier molecular flexibility index (Phi) is 8.21. The zero-order valence-corrected chi connectivity index (χ0v) is 18.5. The monoisotopic (exact) mass is 388 g/mol. The number of carbonyl (C=O) groups excluding carboxylic acids is 1. The maximum atomic E-state index is 12.2. The van der Waals surface area contributed by atoms with Gasteiger partial charge in [0.05, 0.1) is 6.61 Å². The minimum Gasteiger partial charge on any atom is -0.599 e. The molecule has 9 heteroatoms. The lowest BCUT2D eigenvalue weighted by Gasteiger charge is -2.24. The van der Waals surface area contributed by atoms with Crippen molar-refractivity contribution < 1.29 is 24.0 Å². The second kappa shape index (κ2) is 8.84. The molecule has 9 nitrogen and oxygen atoms in total. The van der Waals surface area contributed by atoms with E-state index in [4.69, 9.17) is 9.47 Å². The van der Waals surface area contributed by atoms with Gasteiger partial charge in [-0.05, 0) is 58.2 Å². The van der Waals surface area contributed by atoms with E-state index in [2.05, 4.69) is 10.2 Å². The number of hydroxylamine groups is 2. The van der Waals surface area contributed by atoms with Crippen molar-refractivity contribution in [3.8, 4) is 0 Å². The number of hydrogen-bond acceptors (Lipinski definition) is 7. The first kappa shape index (κ1) is 25.1. The minimum atomic E-state index is -1.49. The first-order chi connectivity index (χ1) is 11.9. The number of carbonyl (C=O) groups is 1. The van der Waals surface area contributed by atoms with E-state index in [-0.39, 0.29) is 6.61 Å². The summed E-state index contributed by atoms with van der Waals surface area (Å²) in [7, 11) is 0. The third kappa shape index (κ3) is 10.7. The molecular weight excluding hydrogens is 352 g/mol. The molecule has 0 radical (unpaired) electrons. The largest absolute Gasteiger partial charge is 0.599 e. The van der Waals surface area contributed by atoms with Crippen LogP contribution in [0.1, 0.15) is 82.1 Å². The van der Waals surface area contributed by atoms with E-state index in [1.165, 1.54) is 13.8 Å². The summed E-state index contributed by atoms with van der Waals surface area (Å²) in [6, 6.07) is 0. The van der Waals surface area contributed by atoms with Gasteiger partial charge in [0.25, 0.3) is 0 Å². The van der Waals surface area contributed by atoms with Crippen molar-refractivity contribution in [3.05, 3.63) is 10.4 Å². The summed E-state index contributed by atoms with van der Waals surface area (Å²) in [6.45, 7) is 17.3. The van der Waals surface area contributed by atoms with Crippen LogP contribution in [0.15, 0.2) is 10.2 Å². The first-order valence-electron chi connectivity index (χ1n) is 9.12. The molecule has 0 amide bonds. The smallest absolute Gasteiger partial charge is 0.513 e. The van der Waals surface area contributed by atoms with Crippen LogP contribution in [-0.4, -0.2) is 44.8 Å². The molecule has 0 fully saturated rings. The molecule has 0 aromatic carbocycles. The molecule has 0 N–H and O–H groups in total. The van der Waals surface area contributed by atoms with Crippen LogP contribution in [-0.2, 0) is 9.47 Å². The molecule has 0 aromatic heterocycles. The van der Waals surface area contributed by atoms with Gasteiger partial charge >= 0.3 is 11.9 Å². The molecule has 0 aromatic rings. The fourth-order valence-electron chi connectivity index (χ4n) is 1.83. The van der Waals surface area contributed by atoms with Gasteiger partial charge in [0.15, 0.2) is 5.54 Å². The van der Waals surface area contributed by atoms with Crippen LogP contribution in [0.2, 0.25) is 0 Å². The van der Waals surface area contributed by atoms with Crippen LogP contribution in [0.3, 0.4) is 0 Å². The minimum absolute atomic E-state index is 0.0664. The van der Waals surface area contributed by atoms with Crippen LogP contribution < -0.4 is 0 Å². The summed E-state index contributed by atoms with van der Waals surface area (Å²) >= 11 is 0. The quantitative estimate of drug-likeness (QED) is 0.153. The molecule has 0 aliphatic rings. The maximum Gasteiger partial charge on any atom is 0.513 e. The topological polar surface area (TPSA) is 112 Å². The van der Waals surface area contributed by atoms with E-state index in [0.29, 0.717) is 22.6 Å². The Hall–Kier alpha value is -1.93. The SMILES string of the molecule is CC(C)(C)N=[N+]([O-])C(C)(C)CCCOC(=O)OC(C)(C)[N+]([O-])=NC(C)(C)C. The van der Waals surface area contributed by atoms with Crippen molar-refractivity contribution >= 4 is 6.16 Å². The highest BCUT2D eigenvalue weighted by Gasteiger charge is 2.36. The van der Waals surface area contributed by atoms with Crippen LogP contribution in [0.25, 0.3) is 0 Å². The lowest BCUT2D eigenvalue weighted by atomic mass is 10.00. The highest BCUT2D eigenvalue weighted by Crippen LogP contribution is 2.20. The highest BCUT2D eigenvalue weighted by atomic mass is 16.8. The number of azo groups is 2. The summed E-state index contributed by atoms with van der Waals surface area (Å²) < 4.78 is 10.1. The van der Waals surface area contributed by atoms with Crippen molar-refractivity contribution in [2.45, 2.75) is 104 Å². The first-order valence-corrected chi connectivity index (χ1v) is 9.12. The van der Waals surface area contributed by atoms with Crippen LogP contribution in [0.5, 0.6) is 0 Å². The number of hydrogen-bond donors (Lipinski definition) is 0. The Morgan fingerprint density at radius 1 is 0.852 bits per heavy atom. The van der Waals surface area contributed by atoms with Crippen molar-refractivity contribution in [2.75, 3.05) is 6.61 Å². The number of nitrogens with zero attached hydrogens (tertiary/aromatic N) is 4. The van der Waals surface area contributed by atoms with E-state index >= 15 is 0 Å². The molecule has 0 atom stereocenters. The van der Waals surface area contributed by atoms with Crippen molar-refractivity contribution in [1.82, 2.24) is 0 Å². The summed E-state index contributed by atoms with van der Waals surface area (Å²) in [5, 5.41) is 32.2. The molecule has 0 aliphatic carbocycles. The third-order valence-electron chi connectivity index (χ3n) is 3.25. The normalized spacial score (nSPS) is 14.9. The Labute approximate surface area is 162 Å². The second-order valence-corrected chi connectivity index (χ2v) is 9.65. The Balaban J connectivity index is 4.57. The zero-order valence-electron chi connectivity index (χ0n) is 18.5. The van der Waals surface area contributed by atoms with E-state index in [1.807, 2.05) is 20.8 Å². The molecule has 0 unspecified atom stereocenters. The maximum absolute atomic E-state index is 12.2. The highest BCUT2D eigenvalue weighted by molar-refractivity contribution is 5.60. The van der Waals surface area contributed by atoms with E-state index in [0.717, 1.165) is 0 Å². The van der Waals surface area contributed by atoms with Crippen molar-refractivity contribution in [1.29, 1.82) is 0 Å². The predicted molar refractivity (Wildman–Crippen MR) is 101 cm³/mol. The molecule has 0 saturated carbocycles. The van der Waals surface area contributed by atoms with Crippen molar-refractivity contribution in [3.63, 3.8) is 0 Å². The van der Waals surface area contributed by atoms with Gasteiger partial charge < -0.3 is 19.9 Å². The molecular formula is C18H36N4O5. The molecule has 0 heterocycles. The average Bonchev–Trinajstić information content (AvgIpc) is 2.39. The number of ether oxygens (including phenoxy) is 2. The van der Waals surface area contributed by atoms with Gasteiger partial charge in [-0.3, -0.25) is 0 Å². The van der Waals surface area contributed by atoms with Crippen LogP contribution in [0, 0.1) is 10.4 Å². The lowest BCUT2D eigenvalue weighted by Crippen LogP contribution is -2.39. The fourth-order valence-corrected chi connectivity index (χ4v) is 1.83. The van der Waals surface area contributed by atoms with Gasteiger partial charge in [-0.25, -0.2) is 4.79 Å². The van der Waals surface area contributed by atoms with Crippen LogP contribution >= 0.6 is 0 Å². The number of rotatable bonds is 7. The summed E-state index contributed by atoms with van der Waals surface area (Å²) in [6.07, 6.45) is -0.0325. The van der Waals surface area contributed by atoms with Gasteiger partial charge in [0, 0.05) is 34.1 Å². The fraction of sp³-hybridized carbons (Fsp3) is 0.944. The Morgan fingerprint density at radius 3 is 1.74 bits per heavy atom.